The van der Waals surface area contributed by atoms with Crippen LogP contribution in [0.4, 0.5) is 0 Å². The van der Waals surface area contributed by atoms with E-state index < -0.39 is 20.2 Å². The predicted molar refractivity (Wildman–Crippen MR) is 50.6 cm³/mol. The Morgan fingerprint density at radius 3 is 2.80 bits per heavy atom. The van der Waals surface area contributed by atoms with E-state index in [0.29, 0.717) is 12.0 Å². The van der Waals surface area contributed by atoms with Crippen LogP contribution in [0.1, 0.15) is 13.3 Å². The van der Waals surface area contributed by atoms with Crippen LogP contribution in [0.15, 0.2) is 0 Å². The molecule has 0 bridgehead atoms. The maximum atomic E-state index is 9.18. The maximum absolute atomic E-state index is 9.18. The van der Waals surface area contributed by atoms with Crippen LogP contribution < -0.4 is 0 Å². The second-order valence-electron chi connectivity index (χ2n) is 3.01. The van der Waals surface area contributed by atoms with Gasteiger partial charge >= 0.3 is 69.7 Å². The average molecular weight is 258 g/mol. The molecule has 0 unspecified atom stereocenters. The minimum absolute atomic E-state index is 0.384. The summed E-state index contributed by atoms with van der Waals surface area (Å²) in [5.41, 5.74) is 0. The molecular weight excluding hydrogens is 243 g/mol. The molecule has 0 saturated carbocycles. The average Bonchev–Trinajstić information content (AvgIpc) is 2.13. The molecule has 1 aliphatic heterocycles. The van der Waals surface area contributed by atoms with Crippen molar-refractivity contribution >= 4 is 20.2 Å². The van der Waals surface area contributed by atoms with Crippen molar-refractivity contribution in [1.82, 2.24) is 0 Å². The van der Waals surface area contributed by atoms with E-state index in [1.165, 1.54) is 0 Å². The Morgan fingerprint density at radius 1 is 1.70 bits per heavy atom. The monoisotopic (exact) mass is 258 g/mol. The van der Waals surface area contributed by atoms with Gasteiger partial charge in [0.15, 0.2) is 0 Å². The van der Waals surface area contributed by atoms with Crippen LogP contribution in [-0.2, 0) is 4.74 Å². The van der Waals surface area contributed by atoms with Crippen molar-refractivity contribution in [3.8, 4) is 0 Å². The van der Waals surface area contributed by atoms with Crippen LogP contribution in [0, 0.1) is 5.92 Å². The molecule has 3 heteroatoms. The van der Waals surface area contributed by atoms with Crippen LogP contribution >= 0.6 is 20.2 Å². The zero-order valence-corrected chi connectivity index (χ0v) is 8.67. The van der Waals surface area contributed by atoms with Gasteiger partial charge in [-0.2, -0.15) is 0 Å². The molecule has 1 rings (SSSR count). The van der Waals surface area contributed by atoms with E-state index in [-0.39, 0.29) is 0 Å². The topological polar surface area (TPSA) is 29.5 Å². The van der Waals surface area contributed by atoms with Gasteiger partial charge in [0.05, 0.1) is 0 Å². The molecule has 2 atom stereocenters. The van der Waals surface area contributed by atoms with Crippen molar-refractivity contribution in [2.45, 2.75) is 19.4 Å². The Bertz CT molecular complexity index is 106. The zero-order chi connectivity index (χ0) is 7.56. The molecule has 1 saturated heterocycles. The zero-order valence-electron chi connectivity index (χ0n) is 6.51. The number of hydrogen-bond donors (Lipinski definition) is 1. The second-order valence-corrected chi connectivity index (χ2v) is 7.06. The van der Waals surface area contributed by atoms with Gasteiger partial charge in [-0.25, -0.2) is 0 Å². The molecule has 1 N–H and O–H groups in total. The Labute approximate surface area is 69.9 Å². The fourth-order valence-corrected chi connectivity index (χ4v) is 3.28. The van der Waals surface area contributed by atoms with Crippen molar-refractivity contribution in [2.24, 2.45) is 5.92 Å². The Hall–Kier alpha value is 0.650. The quantitative estimate of drug-likeness (QED) is 0.600. The standard InChI is InChI=1S/C7H15IO2/c1-6-3-7(10-5-6)4-8(2)9/h6-7,9H,3-5H2,1-2H3/t6-,7-/m0/s1. The third kappa shape index (κ3) is 2.72. The normalized spacial score (nSPS) is 34.5. The molecule has 0 aliphatic carbocycles. The Kier molecular flexibility index (Phi) is 3.39. The van der Waals surface area contributed by atoms with Gasteiger partial charge in [0.25, 0.3) is 0 Å². The van der Waals surface area contributed by atoms with Crippen LogP contribution in [0.25, 0.3) is 0 Å². The molecule has 2 nitrogen and oxygen atoms in total. The molecule has 10 heavy (non-hydrogen) atoms. The summed E-state index contributed by atoms with van der Waals surface area (Å²) in [7, 11) is 0. The first-order valence-electron chi connectivity index (χ1n) is 3.55. The van der Waals surface area contributed by atoms with E-state index in [9.17, 15) is 3.44 Å². The van der Waals surface area contributed by atoms with Crippen molar-refractivity contribution in [3.63, 3.8) is 0 Å². The SMILES string of the molecule is C[C@@H]1CO[C@H](CI(C)O)C1. The van der Waals surface area contributed by atoms with Crippen molar-refractivity contribution in [2.75, 3.05) is 16.0 Å². The molecule has 1 fully saturated rings. The van der Waals surface area contributed by atoms with E-state index in [4.69, 9.17) is 4.74 Å². The fourth-order valence-electron chi connectivity index (χ4n) is 1.24. The van der Waals surface area contributed by atoms with E-state index in [2.05, 4.69) is 6.92 Å². The van der Waals surface area contributed by atoms with Crippen molar-refractivity contribution in [3.05, 3.63) is 0 Å². The number of rotatable bonds is 2. The molecule has 1 aliphatic rings. The van der Waals surface area contributed by atoms with Crippen LogP contribution in [0.2, 0.25) is 0 Å². The third-order valence-electron chi connectivity index (χ3n) is 1.68. The van der Waals surface area contributed by atoms with Gasteiger partial charge in [-0.3, -0.25) is 0 Å². The van der Waals surface area contributed by atoms with Gasteiger partial charge in [0.1, 0.15) is 0 Å². The predicted octanol–water partition coefficient (Wildman–Crippen LogP) is 1.45. The van der Waals surface area contributed by atoms with Gasteiger partial charge in [-0.1, -0.05) is 0 Å². The van der Waals surface area contributed by atoms with Gasteiger partial charge < -0.3 is 0 Å². The van der Waals surface area contributed by atoms with Crippen LogP contribution in [0.5, 0.6) is 0 Å². The first-order chi connectivity index (χ1) is 4.68. The summed E-state index contributed by atoms with van der Waals surface area (Å²) in [5, 5.41) is 0. The summed E-state index contributed by atoms with van der Waals surface area (Å²) in [6.07, 6.45) is 1.54. The summed E-state index contributed by atoms with van der Waals surface area (Å²) >= 11 is -1.52. The van der Waals surface area contributed by atoms with Gasteiger partial charge in [-0.05, 0) is 0 Å². The summed E-state index contributed by atoms with van der Waals surface area (Å²) in [6.45, 7) is 3.10. The number of halogens is 1. The summed E-state index contributed by atoms with van der Waals surface area (Å²) in [6, 6.07) is 0. The number of ether oxygens (including phenoxy) is 1. The Balaban J connectivity index is 2.18. The van der Waals surface area contributed by atoms with Gasteiger partial charge in [0.2, 0.25) is 0 Å². The van der Waals surface area contributed by atoms with E-state index in [1.807, 2.05) is 4.93 Å². The molecular formula is C7H15IO2. The summed E-state index contributed by atoms with van der Waals surface area (Å²) < 4.78 is 15.6. The van der Waals surface area contributed by atoms with Crippen LogP contribution in [-0.4, -0.2) is 25.5 Å². The van der Waals surface area contributed by atoms with Gasteiger partial charge in [0, 0.05) is 0 Å². The molecule has 0 aromatic rings. The summed E-state index contributed by atoms with van der Waals surface area (Å²) in [4.78, 5) is 1.97. The Morgan fingerprint density at radius 2 is 2.40 bits per heavy atom. The van der Waals surface area contributed by atoms with Gasteiger partial charge in [-0.15, -0.1) is 0 Å². The van der Waals surface area contributed by atoms with E-state index >= 15 is 0 Å². The fraction of sp³-hybridized carbons (Fsp3) is 1.00. The molecule has 0 radical (unpaired) electrons. The molecule has 0 amide bonds. The molecule has 0 aromatic heterocycles. The minimum atomic E-state index is -1.52. The van der Waals surface area contributed by atoms with E-state index in [1.54, 1.807) is 0 Å². The summed E-state index contributed by atoms with van der Waals surface area (Å²) in [5.74, 6) is 0.709. The molecule has 62 valence electrons. The van der Waals surface area contributed by atoms with E-state index in [0.717, 1.165) is 17.5 Å². The van der Waals surface area contributed by atoms with Crippen molar-refractivity contribution < 1.29 is 8.17 Å². The number of alkyl halides is 2. The first-order valence-corrected chi connectivity index (χ1v) is 8.20. The first kappa shape index (κ1) is 8.74. The number of hydrogen-bond acceptors (Lipinski definition) is 2. The van der Waals surface area contributed by atoms with Crippen LogP contribution in [0.3, 0.4) is 0 Å². The molecule has 1 heterocycles. The molecule has 0 spiro atoms. The second kappa shape index (κ2) is 3.88. The molecule has 0 aromatic carbocycles. The van der Waals surface area contributed by atoms with Crippen molar-refractivity contribution in [1.29, 1.82) is 0 Å². The third-order valence-corrected chi connectivity index (χ3v) is 3.93.